The Kier molecular flexibility index (Phi) is 4.53. The Morgan fingerprint density at radius 2 is 1.58 bits per heavy atom. The Labute approximate surface area is 141 Å². The van der Waals surface area contributed by atoms with E-state index in [1.165, 1.54) is 0 Å². The molecule has 24 heavy (non-hydrogen) atoms. The monoisotopic (exact) mass is 317 g/mol. The van der Waals surface area contributed by atoms with Crippen LogP contribution in [0, 0.1) is 12.3 Å². The van der Waals surface area contributed by atoms with Crippen LogP contribution in [0.5, 0.6) is 0 Å². The lowest BCUT2D eigenvalue weighted by molar-refractivity contribution is 0.295. The van der Waals surface area contributed by atoms with Gasteiger partial charge in [-0.1, -0.05) is 48.5 Å². The van der Waals surface area contributed by atoms with Crippen LogP contribution >= 0.6 is 0 Å². The molecule has 0 saturated heterocycles. The van der Waals surface area contributed by atoms with Crippen LogP contribution < -0.4 is 11.5 Å². The summed E-state index contributed by atoms with van der Waals surface area (Å²) >= 11 is 0. The van der Waals surface area contributed by atoms with Crippen LogP contribution in [-0.2, 0) is 4.74 Å². The minimum absolute atomic E-state index is 0.0964. The molecule has 0 atom stereocenters. The van der Waals surface area contributed by atoms with E-state index in [4.69, 9.17) is 22.6 Å². The quantitative estimate of drug-likeness (QED) is 0.191. The van der Waals surface area contributed by atoms with E-state index in [2.05, 4.69) is 23.0 Å². The SMILES string of the molecule is C#CCCCOC(N)=Nc1c(N)c2ccccc2c2ccccc12. The number of unbranched alkanes of at least 4 members (excludes halogenated alkanes) is 1. The van der Waals surface area contributed by atoms with Gasteiger partial charge in [-0.2, -0.15) is 4.99 Å². The molecule has 0 radical (unpaired) electrons. The van der Waals surface area contributed by atoms with Crippen molar-refractivity contribution in [3.63, 3.8) is 0 Å². The molecule has 0 unspecified atom stereocenters. The molecular weight excluding hydrogens is 298 g/mol. The van der Waals surface area contributed by atoms with E-state index in [1.54, 1.807) is 0 Å². The van der Waals surface area contributed by atoms with Crippen molar-refractivity contribution in [2.24, 2.45) is 10.7 Å². The standard InChI is InChI=1S/C20H19N3O/c1-2-3-8-13-24-20(22)23-19-17-12-7-5-10-15(17)14-9-4-6-11-16(14)18(19)21/h1,4-7,9-12H,3,8,13,21H2,(H2,22,23). The second-order valence-electron chi connectivity index (χ2n) is 5.46. The Morgan fingerprint density at radius 3 is 2.25 bits per heavy atom. The number of rotatable bonds is 4. The van der Waals surface area contributed by atoms with Gasteiger partial charge in [0.15, 0.2) is 0 Å². The molecule has 0 saturated carbocycles. The summed E-state index contributed by atoms with van der Waals surface area (Å²) in [6.07, 6.45) is 6.60. The van der Waals surface area contributed by atoms with Crippen molar-refractivity contribution in [3.8, 4) is 12.3 Å². The smallest absolute Gasteiger partial charge is 0.287 e. The van der Waals surface area contributed by atoms with E-state index in [1.807, 2.05) is 36.4 Å². The van der Waals surface area contributed by atoms with Gasteiger partial charge in [-0.05, 0) is 17.2 Å². The number of anilines is 1. The van der Waals surface area contributed by atoms with Crippen LogP contribution in [0.2, 0.25) is 0 Å². The maximum absolute atomic E-state index is 6.37. The largest absolute Gasteiger partial charge is 0.465 e. The van der Waals surface area contributed by atoms with Gasteiger partial charge in [0.25, 0.3) is 6.02 Å². The van der Waals surface area contributed by atoms with Crippen molar-refractivity contribution in [1.82, 2.24) is 0 Å². The van der Waals surface area contributed by atoms with Crippen LogP contribution in [0.3, 0.4) is 0 Å². The fourth-order valence-electron chi connectivity index (χ4n) is 2.76. The van der Waals surface area contributed by atoms with Gasteiger partial charge in [0.2, 0.25) is 0 Å². The fraction of sp³-hybridized carbons (Fsp3) is 0.150. The van der Waals surface area contributed by atoms with E-state index in [0.29, 0.717) is 24.4 Å². The number of nitrogen functional groups attached to an aromatic ring is 1. The highest BCUT2D eigenvalue weighted by Crippen LogP contribution is 2.39. The van der Waals surface area contributed by atoms with Crippen molar-refractivity contribution in [1.29, 1.82) is 0 Å². The van der Waals surface area contributed by atoms with Crippen LogP contribution in [0.4, 0.5) is 11.4 Å². The highest BCUT2D eigenvalue weighted by atomic mass is 16.5. The summed E-state index contributed by atoms with van der Waals surface area (Å²) in [5, 5.41) is 4.08. The van der Waals surface area contributed by atoms with Gasteiger partial charge in [-0.25, -0.2) is 0 Å². The van der Waals surface area contributed by atoms with Crippen molar-refractivity contribution in [2.75, 3.05) is 12.3 Å². The normalized spacial score (nSPS) is 11.5. The van der Waals surface area contributed by atoms with Gasteiger partial charge in [-0.3, -0.25) is 0 Å². The molecule has 0 bridgehead atoms. The minimum atomic E-state index is 0.0964. The number of hydrogen-bond acceptors (Lipinski definition) is 3. The number of hydrogen-bond donors (Lipinski definition) is 2. The summed E-state index contributed by atoms with van der Waals surface area (Å²) in [5.74, 6) is 2.56. The Balaban J connectivity index is 2.09. The van der Waals surface area contributed by atoms with Crippen LogP contribution in [0.25, 0.3) is 21.5 Å². The van der Waals surface area contributed by atoms with E-state index >= 15 is 0 Å². The third-order valence-electron chi connectivity index (χ3n) is 3.88. The fourth-order valence-corrected chi connectivity index (χ4v) is 2.76. The highest BCUT2D eigenvalue weighted by molar-refractivity contribution is 6.19. The van der Waals surface area contributed by atoms with Gasteiger partial charge >= 0.3 is 0 Å². The molecule has 3 rings (SSSR count). The molecule has 3 aromatic carbocycles. The van der Waals surface area contributed by atoms with E-state index in [-0.39, 0.29) is 6.02 Å². The molecule has 0 amide bonds. The lowest BCUT2D eigenvalue weighted by atomic mass is 9.98. The number of nitrogens with zero attached hydrogens (tertiary/aromatic N) is 1. The predicted octanol–water partition coefficient (Wildman–Crippen LogP) is 3.95. The summed E-state index contributed by atoms with van der Waals surface area (Å²) in [4.78, 5) is 4.43. The Morgan fingerprint density at radius 1 is 1.00 bits per heavy atom. The molecule has 4 N–H and O–H groups in total. The van der Waals surface area contributed by atoms with Gasteiger partial charge in [0.05, 0.1) is 12.3 Å². The third-order valence-corrected chi connectivity index (χ3v) is 3.88. The maximum Gasteiger partial charge on any atom is 0.287 e. The summed E-state index contributed by atoms with van der Waals surface area (Å²) in [6, 6.07) is 16.1. The number of benzene rings is 3. The highest BCUT2D eigenvalue weighted by Gasteiger charge is 2.12. The lowest BCUT2D eigenvalue weighted by Gasteiger charge is -2.12. The topological polar surface area (TPSA) is 73.6 Å². The Bertz CT molecular complexity index is 954. The molecule has 4 heteroatoms. The number of amidine groups is 1. The average Bonchev–Trinajstić information content (AvgIpc) is 2.62. The first-order valence-corrected chi connectivity index (χ1v) is 7.81. The molecule has 0 spiro atoms. The molecule has 0 fully saturated rings. The van der Waals surface area contributed by atoms with Gasteiger partial charge < -0.3 is 16.2 Å². The third kappa shape index (κ3) is 2.97. The van der Waals surface area contributed by atoms with Crippen LogP contribution in [0.1, 0.15) is 12.8 Å². The van der Waals surface area contributed by atoms with E-state index in [9.17, 15) is 0 Å². The maximum atomic E-state index is 6.37. The molecule has 0 heterocycles. The molecule has 120 valence electrons. The molecule has 3 aromatic rings. The Hall–Kier alpha value is -3.19. The predicted molar refractivity (Wildman–Crippen MR) is 101 cm³/mol. The number of fused-ring (bicyclic) bond motifs is 3. The van der Waals surface area contributed by atoms with Crippen LogP contribution in [-0.4, -0.2) is 12.6 Å². The van der Waals surface area contributed by atoms with E-state index in [0.717, 1.165) is 28.0 Å². The summed E-state index contributed by atoms with van der Waals surface area (Å²) in [7, 11) is 0. The summed E-state index contributed by atoms with van der Waals surface area (Å²) < 4.78 is 5.44. The zero-order chi connectivity index (χ0) is 16.9. The summed E-state index contributed by atoms with van der Waals surface area (Å²) in [6.45, 7) is 0.435. The zero-order valence-electron chi connectivity index (χ0n) is 13.3. The van der Waals surface area contributed by atoms with Crippen molar-refractivity contribution < 1.29 is 4.74 Å². The van der Waals surface area contributed by atoms with E-state index < -0.39 is 0 Å². The van der Waals surface area contributed by atoms with Gasteiger partial charge in [0, 0.05) is 17.2 Å². The first-order valence-electron chi connectivity index (χ1n) is 7.81. The van der Waals surface area contributed by atoms with Crippen molar-refractivity contribution >= 4 is 38.9 Å². The first-order chi connectivity index (χ1) is 11.7. The molecule has 4 nitrogen and oxygen atoms in total. The minimum Gasteiger partial charge on any atom is -0.465 e. The number of aliphatic imine (C=N–C) groups is 1. The van der Waals surface area contributed by atoms with Gasteiger partial charge in [-0.15, -0.1) is 12.3 Å². The number of nitrogens with two attached hydrogens (primary N) is 2. The molecule has 0 aromatic heterocycles. The lowest BCUT2D eigenvalue weighted by Crippen LogP contribution is -2.16. The number of ether oxygens (including phenoxy) is 1. The van der Waals surface area contributed by atoms with Crippen molar-refractivity contribution in [2.45, 2.75) is 12.8 Å². The summed E-state index contributed by atoms with van der Waals surface area (Å²) in [5.41, 5.74) is 13.5. The van der Waals surface area contributed by atoms with Gasteiger partial charge in [0.1, 0.15) is 5.69 Å². The zero-order valence-corrected chi connectivity index (χ0v) is 13.3. The van der Waals surface area contributed by atoms with Crippen molar-refractivity contribution in [3.05, 3.63) is 48.5 Å². The molecule has 0 aliphatic carbocycles. The second-order valence-corrected chi connectivity index (χ2v) is 5.46. The second kappa shape index (κ2) is 6.93. The molecule has 0 aliphatic rings. The number of terminal acetylenes is 1. The molecule has 0 aliphatic heterocycles. The average molecular weight is 317 g/mol. The first kappa shape index (κ1) is 15.7. The van der Waals surface area contributed by atoms with Crippen LogP contribution in [0.15, 0.2) is 53.5 Å². The molecular formula is C20H19N3O.